The van der Waals surface area contributed by atoms with Crippen LogP contribution in [-0.2, 0) is 14.8 Å². The Labute approximate surface area is 138 Å². The number of rotatable bonds is 5. The third kappa shape index (κ3) is 4.07. The molecule has 0 bridgehead atoms. The Morgan fingerprint density at radius 2 is 2.05 bits per heavy atom. The first-order valence-corrected chi connectivity index (χ1v) is 9.32. The van der Waals surface area contributed by atoms with Crippen LogP contribution in [0, 0.1) is 5.92 Å². The highest BCUT2D eigenvalue weighted by Gasteiger charge is 2.33. The van der Waals surface area contributed by atoms with Gasteiger partial charge in [-0.3, -0.25) is 4.79 Å². The Hall–Kier alpha value is -0.960. The van der Waals surface area contributed by atoms with Gasteiger partial charge < -0.3 is 10.4 Å². The number of aliphatic hydroxyl groups excluding tert-OH is 1. The fraction of sp³-hybridized carbons (Fsp3) is 0.500. The van der Waals surface area contributed by atoms with Crippen LogP contribution < -0.4 is 5.32 Å². The summed E-state index contributed by atoms with van der Waals surface area (Å²) in [7, 11) is -3.58. The monoisotopic (exact) mass is 390 g/mol. The van der Waals surface area contributed by atoms with E-state index >= 15 is 0 Å². The molecule has 1 aromatic carbocycles. The van der Waals surface area contributed by atoms with Crippen molar-refractivity contribution in [1.82, 2.24) is 9.62 Å². The summed E-state index contributed by atoms with van der Waals surface area (Å²) in [6.07, 6.45) is 1.30. The van der Waals surface area contributed by atoms with Crippen LogP contribution in [0.4, 0.5) is 0 Å². The van der Waals surface area contributed by atoms with Gasteiger partial charge in [0.1, 0.15) is 0 Å². The summed E-state index contributed by atoms with van der Waals surface area (Å²) in [6, 6.07) is 6.47. The molecule has 0 unspecified atom stereocenters. The smallest absolute Gasteiger partial charge is 0.243 e. The van der Waals surface area contributed by atoms with Crippen molar-refractivity contribution < 1.29 is 18.3 Å². The number of benzene rings is 1. The van der Waals surface area contributed by atoms with E-state index in [0.717, 1.165) is 4.47 Å². The van der Waals surface area contributed by atoms with E-state index in [2.05, 4.69) is 21.2 Å². The van der Waals surface area contributed by atoms with Crippen LogP contribution in [0.5, 0.6) is 0 Å². The van der Waals surface area contributed by atoms with Crippen LogP contribution >= 0.6 is 15.9 Å². The second-order valence-electron chi connectivity index (χ2n) is 5.17. The van der Waals surface area contributed by atoms with Crippen LogP contribution in [0.15, 0.2) is 33.6 Å². The number of hydrogen-bond donors (Lipinski definition) is 2. The lowest BCUT2D eigenvalue weighted by atomic mass is 9.99. The van der Waals surface area contributed by atoms with Crippen LogP contribution in [-0.4, -0.2) is 50.0 Å². The van der Waals surface area contributed by atoms with Crippen molar-refractivity contribution in [2.24, 2.45) is 5.92 Å². The number of amides is 1. The zero-order valence-electron chi connectivity index (χ0n) is 12.0. The Morgan fingerprint density at radius 3 is 2.68 bits per heavy atom. The molecule has 1 atom stereocenters. The summed E-state index contributed by atoms with van der Waals surface area (Å²) in [6.45, 7) is 0.659. The first-order chi connectivity index (χ1) is 10.4. The number of sulfonamides is 1. The third-order valence-corrected chi connectivity index (χ3v) is 6.03. The highest BCUT2D eigenvalue weighted by Crippen LogP contribution is 2.24. The van der Waals surface area contributed by atoms with Crippen molar-refractivity contribution in [2.45, 2.75) is 17.7 Å². The summed E-state index contributed by atoms with van der Waals surface area (Å²) in [5.41, 5.74) is 0. The molecule has 2 rings (SSSR count). The van der Waals surface area contributed by atoms with Gasteiger partial charge in [-0.05, 0) is 37.1 Å². The molecular weight excluding hydrogens is 372 g/mol. The molecule has 6 nitrogen and oxygen atoms in total. The maximum absolute atomic E-state index is 12.6. The average molecular weight is 391 g/mol. The number of carbonyl (C=O) groups is 1. The first-order valence-electron chi connectivity index (χ1n) is 7.09. The fourth-order valence-corrected chi connectivity index (χ4v) is 4.24. The first kappa shape index (κ1) is 17.4. The number of carbonyl (C=O) groups excluding carboxylic acids is 1. The van der Waals surface area contributed by atoms with Crippen molar-refractivity contribution in [3.63, 3.8) is 0 Å². The Kier molecular flexibility index (Phi) is 5.96. The molecule has 1 fully saturated rings. The molecule has 1 aromatic rings. The van der Waals surface area contributed by atoms with Crippen LogP contribution in [0.2, 0.25) is 0 Å². The topological polar surface area (TPSA) is 86.7 Å². The van der Waals surface area contributed by atoms with Crippen LogP contribution in [0.1, 0.15) is 12.8 Å². The molecule has 1 saturated heterocycles. The molecule has 122 valence electrons. The van der Waals surface area contributed by atoms with E-state index in [4.69, 9.17) is 5.11 Å². The van der Waals surface area contributed by atoms with E-state index < -0.39 is 10.0 Å². The van der Waals surface area contributed by atoms with Gasteiger partial charge in [-0.25, -0.2) is 8.42 Å². The Morgan fingerprint density at radius 1 is 1.36 bits per heavy atom. The number of piperidine rings is 1. The summed E-state index contributed by atoms with van der Waals surface area (Å²) in [5, 5.41) is 11.3. The molecule has 0 spiro atoms. The van der Waals surface area contributed by atoms with E-state index in [0.29, 0.717) is 19.4 Å². The normalized spacial score (nSPS) is 19.8. The van der Waals surface area contributed by atoms with Crippen molar-refractivity contribution >= 4 is 31.9 Å². The van der Waals surface area contributed by atoms with E-state index in [1.807, 2.05) is 0 Å². The summed E-state index contributed by atoms with van der Waals surface area (Å²) in [5.74, 6) is -0.574. The van der Waals surface area contributed by atoms with E-state index in [1.165, 1.54) is 4.31 Å². The van der Waals surface area contributed by atoms with E-state index in [9.17, 15) is 13.2 Å². The largest absolute Gasteiger partial charge is 0.395 e. The van der Waals surface area contributed by atoms with Crippen molar-refractivity contribution in [2.75, 3.05) is 26.2 Å². The maximum Gasteiger partial charge on any atom is 0.243 e. The zero-order valence-corrected chi connectivity index (χ0v) is 14.4. The zero-order chi connectivity index (χ0) is 16.2. The lowest BCUT2D eigenvalue weighted by Crippen LogP contribution is -2.45. The number of halogens is 1. The number of hydrogen-bond acceptors (Lipinski definition) is 4. The Bertz CT molecular complexity index is 618. The molecule has 0 aliphatic carbocycles. The minimum absolute atomic E-state index is 0.126. The average Bonchev–Trinajstić information content (AvgIpc) is 2.53. The second kappa shape index (κ2) is 7.54. The molecule has 8 heteroatoms. The van der Waals surface area contributed by atoms with Gasteiger partial charge in [0.05, 0.1) is 17.4 Å². The van der Waals surface area contributed by atoms with Gasteiger partial charge in [-0.2, -0.15) is 4.31 Å². The minimum Gasteiger partial charge on any atom is -0.395 e. The number of nitrogens with zero attached hydrogens (tertiary/aromatic N) is 1. The van der Waals surface area contributed by atoms with Crippen LogP contribution in [0.25, 0.3) is 0 Å². The minimum atomic E-state index is -3.58. The molecule has 2 N–H and O–H groups in total. The van der Waals surface area contributed by atoms with Gasteiger partial charge in [0, 0.05) is 24.1 Å². The highest BCUT2D eigenvalue weighted by atomic mass is 79.9. The number of nitrogens with one attached hydrogen (secondary N) is 1. The fourth-order valence-electron chi connectivity index (χ4n) is 2.45. The molecule has 1 aliphatic rings. The molecule has 22 heavy (non-hydrogen) atoms. The van der Waals surface area contributed by atoms with Crippen molar-refractivity contribution in [1.29, 1.82) is 0 Å². The van der Waals surface area contributed by atoms with Gasteiger partial charge >= 0.3 is 0 Å². The van der Waals surface area contributed by atoms with Gasteiger partial charge in [0.2, 0.25) is 15.9 Å². The standard InChI is InChI=1S/C14H19BrN2O4S/c15-12-3-5-13(6-4-12)22(20,21)17-8-1-2-11(10-17)14(19)16-7-9-18/h3-6,11,18H,1-2,7-10H2,(H,16,19)/t11-/m1/s1. The molecule has 1 amide bonds. The highest BCUT2D eigenvalue weighted by molar-refractivity contribution is 9.10. The molecule has 1 heterocycles. The summed E-state index contributed by atoms with van der Waals surface area (Å²) in [4.78, 5) is 12.2. The second-order valence-corrected chi connectivity index (χ2v) is 8.02. The van der Waals surface area contributed by atoms with Gasteiger partial charge in [0.25, 0.3) is 0 Å². The third-order valence-electron chi connectivity index (χ3n) is 3.62. The number of aliphatic hydroxyl groups is 1. The van der Waals surface area contributed by atoms with Crippen molar-refractivity contribution in [3.05, 3.63) is 28.7 Å². The van der Waals surface area contributed by atoms with Gasteiger partial charge in [-0.1, -0.05) is 15.9 Å². The molecular formula is C14H19BrN2O4S. The van der Waals surface area contributed by atoms with Gasteiger partial charge in [-0.15, -0.1) is 0 Å². The Balaban J connectivity index is 2.11. The quantitative estimate of drug-likeness (QED) is 0.783. The maximum atomic E-state index is 12.6. The summed E-state index contributed by atoms with van der Waals surface area (Å²) >= 11 is 3.28. The predicted molar refractivity (Wildman–Crippen MR) is 85.7 cm³/mol. The molecule has 0 saturated carbocycles. The lowest BCUT2D eigenvalue weighted by Gasteiger charge is -2.31. The van der Waals surface area contributed by atoms with E-state index in [-0.39, 0.29) is 36.4 Å². The molecule has 1 aliphatic heterocycles. The molecule has 0 radical (unpaired) electrons. The van der Waals surface area contributed by atoms with Crippen molar-refractivity contribution in [3.8, 4) is 0 Å². The SMILES string of the molecule is O=C(NCCO)[C@@H]1CCCN(S(=O)(=O)c2ccc(Br)cc2)C1. The van der Waals surface area contributed by atoms with Gasteiger partial charge in [0.15, 0.2) is 0 Å². The predicted octanol–water partition coefficient (Wildman–Crippen LogP) is 0.958. The molecule has 0 aromatic heterocycles. The van der Waals surface area contributed by atoms with Crippen LogP contribution in [0.3, 0.4) is 0 Å². The summed E-state index contributed by atoms with van der Waals surface area (Å²) < 4.78 is 27.4. The van der Waals surface area contributed by atoms with E-state index in [1.54, 1.807) is 24.3 Å². The lowest BCUT2D eigenvalue weighted by molar-refractivity contribution is -0.126.